The van der Waals surface area contributed by atoms with Gasteiger partial charge in [-0.3, -0.25) is 0 Å². The molecule has 1 N–H and O–H groups in total. The lowest BCUT2D eigenvalue weighted by Gasteiger charge is -2.10. The topological polar surface area (TPSA) is 17.0 Å². The fraction of sp³-hybridized carbons (Fsp3) is 0.692. The summed E-state index contributed by atoms with van der Waals surface area (Å²) < 4.78 is 2.11. The van der Waals surface area contributed by atoms with Crippen LogP contribution in [0.5, 0.6) is 0 Å². The summed E-state index contributed by atoms with van der Waals surface area (Å²) in [5.74, 6) is 1.87. The maximum atomic E-state index is 3.56. The van der Waals surface area contributed by atoms with E-state index in [0.717, 1.165) is 18.4 Å². The zero-order valence-corrected chi connectivity index (χ0v) is 9.87. The quantitative estimate of drug-likeness (QED) is 0.801. The van der Waals surface area contributed by atoms with Crippen molar-refractivity contribution in [2.75, 3.05) is 6.54 Å². The second-order valence-corrected chi connectivity index (χ2v) is 5.10. The second kappa shape index (κ2) is 4.84. The molecule has 1 aliphatic carbocycles. The molecule has 1 heterocycles. The first-order valence-electron chi connectivity index (χ1n) is 6.05. The summed E-state index contributed by atoms with van der Waals surface area (Å²) in [7, 11) is 2.07. The molecule has 84 valence electrons. The summed E-state index contributed by atoms with van der Waals surface area (Å²) in [6.07, 6.45) is 8.56. The normalized spacial score (nSPS) is 26.0. The minimum atomic E-state index is 0.920. The molecule has 0 aliphatic heterocycles. The smallest absolute Gasteiger partial charge is 0.0220 e. The highest BCUT2D eigenvalue weighted by molar-refractivity contribution is 5.09. The van der Waals surface area contributed by atoms with E-state index in [0.29, 0.717) is 0 Å². The van der Waals surface area contributed by atoms with Crippen molar-refractivity contribution >= 4 is 0 Å². The number of aromatic nitrogens is 1. The van der Waals surface area contributed by atoms with Crippen LogP contribution in [0.25, 0.3) is 0 Å². The SMILES string of the molecule is CC1CCC(CNCc2ccn(C)c2)C1. The van der Waals surface area contributed by atoms with E-state index in [1.54, 1.807) is 0 Å². The van der Waals surface area contributed by atoms with Gasteiger partial charge in [0, 0.05) is 26.0 Å². The van der Waals surface area contributed by atoms with Gasteiger partial charge in [-0.2, -0.15) is 0 Å². The monoisotopic (exact) mass is 206 g/mol. The third kappa shape index (κ3) is 3.10. The molecular weight excluding hydrogens is 184 g/mol. The maximum Gasteiger partial charge on any atom is 0.0220 e. The lowest BCUT2D eigenvalue weighted by atomic mass is 10.1. The van der Waals surface area contributed by atoms with Crippen molar-refractivity contribution < 1.29 is 0 Å². The first kappa shape index (κ1) is 10.7. The largest absolute Gasteiger partial charge is 0.357 e. The van der Waals surface area contributed by atoms with Crippen LogP contribution < -0.4 is 5.32 Å². The number of aryl methyl sites for hydroxylation is 1. The summed E-state index contributed by atoms with van der Waals surface area (Å²) in [5, 5.41) is 3.56. The van der Waals surface area contributed by atoms with E-state index < -0.39 is 0 Å². The number of hydrogen-bond donors (Lipinski definition) is 1. The third-order valence-electron chi connectivity index (χ3n) is 3.46. The molecule has 1 aliphatic rings. The van der Waals surface area contributed by atoms with Crippen molar-refractivity contribution in [3.05, 3.63) is 24.0 Å². The molecule has 2 unspecified atom stereocenters. The van der Waals surface area contributed by atoms with Crippen molar-refractivity contribution in [3.63, 3.8) is 0 Å². The Bertz CT molecular complexity index is 303. The molecule has 0 spiro atoms. The summed E-state index contributed by atoms with van der Waals surface area (Å²) in [6, 6.07) is 2.18. The van der Waals surface area contributed by atoms with Crippen LogP contribution in [0.3, 0.4) is 0 Å². The van der Waals surface area contributed by atoms with E-state index in [9.17, 15) is 0 Å². The van der Waals surface area contributed by atoms with Gasteiger partial charge in [-0.05, 0) is 42.9 Å². The molecule has 0 amide bonds. The van der Waals surface area contributed by atoms with Crippen LogP contribution >= 0.6 is 0 Å². The lowest BCUT2D eigenvalue weighted by molar-refractivity contribution is 0.470. The van der Waals surface area contributed by atoms with Gasteiger partial charge in [0.05, 0.1) is 0 Å². The highest BCUT2D eigenvalue weighted by atomic mass is 14.9. The molecule has 2 atom stereocenters. The Balaban J connectivity index is 1.67. The second-order valence-electron chi connectivity index (χ2n) is 5.10. The number of hydrogen-bond acceptors (Lipinski definition) is 1. The van der Waals surface area contributed by atoms with Gasteiger partial charge < -0.3 is 9.88 Å². The van der Waals surface area contributed by atoms with E-state index in [4.69, 9.17) is 0 Å². The van der Waals surface area contributed by atoms with E-state index in [-0.39, 0.29) is 0 Å². The Labute approximate surface area is 92.7 Å². The van der Waals surface area contributed by atoms with E-state index >= 15 is 0 Å². The number of nitrogens with zero attached hydrogens (tertiary/aromatic N) is 1. The Morgan fingerprint density at radius 2 is 2.33 bits per heavy atom. The molecular formula is C13H22N2. The Kier molecular flexibility index (Phi) is 3.47. The van der Waals surface area contributed by atoms with Gasteiger partial charge in [0.2, 0.25) is 0 Å². The predicted molar refractivity (Wildman–Crippen MR) is 63.6 cm³/mol. The minimum Gasteiger partial charge on any atom is -0.357 e. The Hall–Kier alpha value is -0.760. The molecule has 2 nitrogen and oxygen atoms in total. The van der Waals surface area contributed by atoms with E-state index in [1.807, 2.05) is 0 Å². The molecule has 2 rings (SSSR count). The van der Waals surface area contributed by atoms with Crippen LogP contribution in [0.15, 0.2) is 18.5 Å². The molecule has 0 aromatic carbocycles. The summed E-state index contributed by atoms with van der Waals surface area (Å²) >= 11 is 0. The van der Waals surface area contributed by atoms with Crippen LogP contribution in [-0.2, 0) is 13.6 Å². The molecule has 2 heteroatoms. The summed E-state index contributed by atoms with van der Waals surface area (Å²) in [5.41, 5.74) is 1.39. The average Bonchev–Trinajstić information content (AvgIpc) is 2.76. The molecule has 0 bridgehead atoms. The van der Waals surface area contributed by atoms with Gasteiger partial charge in [-0.25, -0.2) is 0 Å². The van der Waals surface area contributed by atoms with Crippen LogP contribution in [-0.4, -0.2) is 11.1 Å². The standard InChI is InChI=1S/C13H22N2/c1-11-3-4-12(7-11)8-14-9-13-5-6-15(2)10-13/h5-6,10-12,14H,3-4,7-9H2,1-2H3. The molecule has 1 aromatic heterocycles. The van der Waals surface area contributed by atoms with Gasteiger partial charge >= 0.3 is 0 Å². The predicted octanol–water partition coefficient (Wildman–Crippen LogP) is 2.55. The minimum absolute atomic E-state index is 0.920. The average molecular weight is 206 g/mol. The van der Waals surface area contributed by atoms with Crippen LogP contribution in [0, 0.1) is 11.8 Å². The van der Waals surface area contributed by atoms with Gasteiger partial charge in [0.15, 0.2) is 0 Å². The van der Waals surface area contributed by atoms with E-state index in [1.165, 1.54) is 31.4 Å². The lowest BCUT2D eigenvalue weighted by Crippen LogP contribution is -2.20. The van der Waals surface area contributed by atoms with Crippen molar-refractivity contribution in [3.8, 4) is 0 Å². The fourth-order valence-electron chi connectivity index (χ4n) is 2.60. The van der Waals surface area contributed by atoms with Crippen molar-refractivity contribution in [2.45, 2.75) is 32.7 Å². The Morgan fingerprint density at radius 3 is 2.93 bits per heavy atom. The molecule has 1 saturated carbocycles. The molecule has 0 radical (unpaired) electrons. The maximum absolute atomic E-state index is 3.56. The first-order chi connectivity index (χ1) is 7.24. The highest BCUT2D eigenvalue weighted by Gasteiger charge is 2.20. The summed E-state index contributed by atoms with van der Waals surface area (Å²) in [6.45, 7) is 4.59. The van der Waals surface area contributed by atoms with Gasteiger partial charge in [0.25, 0.3) is 0 Å². The van der Waals surface area contributed by atoms with Crippen molar-refractivity contribution in [1.29, 1.82) is 0 Å². The van der Waals surface area contributed by atoms with Crippen molar-refractivity contribution in [1.82, 2.24) is 9.88 Å². The molecule has 1 aromatic rings. The zero-order valence-electron chi connectivity index (χ0n) is 9.87. The van der Waals surface area contributed by atoms with Crippen LogP contribution in [0.1, 0.15) is 31.7 Å². The molecule has 1 fully saturated rings. The fourth-order valence-corrected chi connectivity index (χ4v) is 2.60. The molecule has 0 saturated heterocycles. The third-order valence-corrected chi connectivity index (χ3v) is 3.46. The van der Waals surface area contributed by atoms with Gasteiger partial charge in [0.1, 0.15) is 0 Å². The van der Waals surface area contributed by atoms with E-state index in [2.05, 4.69) is 42.3 Å². The highest BCUT2D eigenvalue weighted by Crippen LogP contribution is 2.29. The zero-order chi connectivity index (χ0) is 10.7. The van der Waals surface area contributed by atoms with Crippen molar-refractivity contribution in [2.24, 2.45) is 18.9 Å². The van der Waals surface area contributed by atoms with Crippen LogP contribution in [0.4, 0.5) is 0 Å². The van der Waals surface area contributed by atoms with Gasteiger partial charge in [-0.1, -0.05) is 13.3 Å². The first-order valence-corrected chi connectivity index (χ1v) is 6.05. The van der Waals surface area contributed by atoms with Crippen LogP contribution in [0.2, 0.25) is 0 Å². The number of nitrogens with one attached hydrogen (secondary N) is 1. The summed E-state index contributed by atoms with van der Waals surface area (Å²) in [4.78, 5) is 0. The Morgan fingerprint density at radius 1 is 1.47 bits per heavy atom. The van der Waals surface area contributed by atoms with Gasteiger partial charge in [-0.15, -0.1) is 0 Å². The molecule has 15 heavy (non-hydrogen) atoms. The number of rotatable bonds is 4.